The quantitative estimate of drug-likeness (QED) is 0.446. The Balaban J connectivity index is 3.47. The number of hydrogen-bond donors (Lipinski definition) is 0. The third-order valence-corrected chi connectivity index (χ3v) is 2.72. The Morgan fingerprint density at radius 3 is 2.42 bits per heavy atom. The van der Waals surface area contributed by atoms with Crippen LogP contribution in [-0.4, -0.2) is 24.4 Å². The number of carbonyl (C=O) groups excluding carboxylic acids is 1. The highest BCUT2D eigenvalue weighted by atomic mass is 127. The zero-order chi connectivity index (χ0) is 14.8. The Kier molecular flexibility index (Phi) is 4.87. The summed E-state index contributed by atoms with van der Waals surface area (Å²) < 4.78 is 69.4. The van der Waals surface area contributed by atoms with E-state index < -0.39 is 35.8 Å². The molecule has 0 saturated carbocycles. The van der Waals surface area contributed by atoms with Gasteiger partial charge in [-0.05, 0) is 22.6 Å². The SMILES string of the molecule is COC(=O)c1c(OC(F)(F)F)ncc(I)c1C(F)F. The monoisotopic (exact) mass is 397 g/mol. The normalized spacial score (nSPS) is 11.6. The number of pyridine rings is 1. The van der Waals surface area contributed by atoms with E-state index >= 15 is 0 Å². The minimum absolute atomic E-state index is 0.178. The Morgan fingerprint density at radius 1 is 1.42 bits per heavy atom. The van der Waals surface area contributed by atoms with Crippen LogP contribution in [0.15, 0.2) is 6.20 Å². The van der Waals surface area contributed by atoms with Gasteiger partial charge in [0.05, 0.1) is 12.7 Å². The molecule has 1 rings (SSSR count). The van der Waals surface area contributed by atoms with Crippen molar-refractivity contribution in [2.24, 2.45) is 0 Å². The smallest absolute Gasteiger partial charge is 0.465 e. The van der Waals surface area contributed by atoms with Crippen molar-refractivity contribution in [1.82, 2.24) is 4.98 Å². The summed E-state index contributed by atoms with van der Waals surface area (Å²) in [4.78, 5) is 14.5. The fourth-order valence-electron chi connectivity index (χ4n) is 1.18. The second-order valence-electron chi connectivity index (χ2n) is 3.04. The highest BCUT2D eigenvalue weighted by Crippen LogP contribution is 2.34. The third kappa shape index (κ3) is 3.88. The van der Waals surface area contributed by atoms with E-state index in [1.165, 1.54) is 22.6 Å². The average Bonchev–Trinajstić information content (AvgIpc) is 2.27. The molecule has 0 spiro atoms. The molecule has 0 aliphatic carbocycles. The van der Waals surface area contributed by atoms with Crippen LogP contribution >= 0.6 is 22.6 Å². The van der Waals surface area contributed by atoms with Crippen LogP contribution in [0.4, 0.5) is 22.0 Å². The molecule has 0 saturated heterocycles. The molecule has 0 aliphatic heterocycles. The van der Waals surface area contributed by atoms with Crippen LogP contribution in [0.5, 0.6) is 5.88 Å². The Morgan fingerprint density at radius 2 is 2.00 bits per heavy atom. The molecule has 0 N–H and O–H groups in total. The molecule has 106 valence electrons. The highest BCUT2D eigenvalue weighted by molar-refractivity contribution is 14.1. The first kappa shape index (κ1) is 15.9. The molecule has 0 fully saturated rings. The van der Waals surface area contributed by atoms with Gasteiger partial charge in [-0.25, -0.2) is 18.6 Å². The van der Waals surface area contributed by atoms with Crippen molar-refractivity contribution < 1.29 is 36.2 Å². The average molecular weight is 397 g/mol. The van der Waals surface area contributed by atoms with Crippen molar-refractivity contribution in [2.75, 3.05) is 7.11 Å². The van der Waals surface area contributed by atoms with E-state index in [9.17, 15) is 26.7 Å². The molecule has 0 aromatic carbocycles. The van der Waals surface area contributed by atoms with Crippen molar-refractivity contribution in [1.29, 1.82) is 0 Å². The number of methoxy groups -OCH3 is 1. The number of aromatic nitrogens is 1. The number of carbonyl (C=O) groups is 1. The molecular weight excluding hydrogens is 392 g/mol. The van der Waals surface area contributed by atoms with Gasteiger partial charge in [0.2, 0.25) is 5.88 Å². The van der Waals surface area contributed by atoms with E-state index in [-0.39, 0.29) is 3.57 Å². The van der Waals surface area contributed by atoms with Gasteiger partial charge in [0, 0.05) is 9.77 Å². The van der Waals surface area contributed by atoms with Crippen LogP contribution in [0.25, 0.3) is 0 Å². The summed E-state index contributed by atoms with van der Waals surface area (Å²) in [5.74, 6) is -2.66. The van der Waals surface area contributed by atoms with E-state index in [0.29, 0.717) is 0 Å². The zero-order valence-electron chi connectivity index (χ0n) is 9.09. The summed E-state index contributed by atoms with van der Waals surface area (Å²) in [5.41, 5.74) is -1.96. The summed E-state index contributed by atoms with van der Waals surface area (Å²) in [6.45, 7) is 0. The lowest BCUT2D eigenvalue weighted by Crippen LogP contribution is -2.21. The van der Waals surface area contributed by atoms with Crippen LogP contribution < -0.4 is 4.74 Å². The fraction of sp³-hybridized carbons (Fsp3) is 0.333. The lowest BCUT2D eigenvalue weighted by atomic mass is 10.1. The molecule has 0 bridgehead atoms. The van der Waals surface area contributed by atoms with Crippen molar-refractivity contribution in [2.45, 2.75) is 12.8 Å². The first-order chi connectivity index (χ1) is 8.67. The number of alkyl halides is 5. The topological polar surface area (TPSA) is 48.4 Å². The van der Waals surface area contributed by atoms with E-state index in [0.717, 1.165) is 13.3 Å². The summed E-state index contributed by atoms with van der Waals surface area (Å²) in [6, 6.07) is 0. The van der Waals surface area contributed by atoms with Gasteiger partial charge in [0.1, 0.15) is 5.56 Å². The predicted octanol–water partition coefficient (Wildman–Crippen LogP) is 3.31. The number of esters is 1. The molecule has 10 heteroatoms. The fourth-order valence-corrected chi connectivity index (χ4v) is 1.83. The molecule has 1 aromatic heterocycles. The van der Waals surface area contributed by atoms with Crippen molar-refractivity contribution >= 4 is 28.6 Å². The van der Waals surface area contributed by atoms with Crippen LogP contribution in [-0.2, 0) is 4.74 Å². The lowest BCUT2D eigenvalue weighted by Gasteiger charge is -2.15. The predicted molar refractivity (Wildman–Crippen MR) is 59.9 cm³/mol. The summed E-state index contributed by atoms with van der Waals surface area (Å²) in [7, 11) is 0.842. The molecule has 0 atom stereocenters. The van der Waals surface area contributed by atoms with Crippen LogP contribution in [0.3, 0.4) is 0 Å². The molecular formula is C9H5F5INO3. The largest absolute Gasteiger partial charge is 0.574 e. The lowest BCUT2D eigenvalue weighted by molar-refractivity contribution is -0.276. The van der Waals surface area contributed by atoms with E-state index in [4.69, 9.17) is 0 Å². The summed E-state index contributed by atoms with van der Waals surface area (Å²) in [5, 5.41) is 0. The van der Waals surface area contributed by atoms with Gasteiger partial charge in [-0.2, -0.15) is 0 Å². The van der Waals surface area contributed by atoms with Crippen LogP contribution in [0.2, 0.25) is 0 Å². The maximum atomic E-state index is 12.8. The van der Waals surface area contributed by atoms with Crippen molar-refractivity contribution in [3.63, 3.8) is 0 Å². The number of ether oxygens (including phenoxy) is 2. The molecule has 1 heterocycles. The Bertz CT molecular complexity index is 491. The molecule has 4 nitrogen and oxygen atoms in total. The first-order valence-electron chi connectivity index (χ1n) is 4.48. The van der Waals surface area contributed by atoms with Gasteiger partial charge in [-0.3, -0.25) is 0 Å². The Hall–Kier alpha value is -1.20. The maximum absolute atomic E-state index is 12.8. The molecule has 0 amide bonds. The number of halogens is 6. The van der Waals surface area contributed by atoms with Crippen LogP contribution in [0, 0.1) is 3.57 Å². The highest BCUT2D eigenvalue weighted by Gasteiger charge is 2.36. The zero-order valence-corrected chi connectivity index (χ0v) is 11.3. The number of rotatable bonds is 3. The maximum Gasteiger partial charge on any atom is 0.574 e. The van der Waals surface area contributed by atoms with Gasteiger partial charge in [-0.1, -0.05) is 0 Å². The van der Waals surface area contributed by atoms with Gasteiger partial charge < -0.3 is 9.47 Å². The third-order valence-electron chi connectivity index (χ3n) is 1.86. The van der Waals surface area contributed by atoms with Gasteiger partial charge in [-0.15, -0.1) is 13.2 Å². The van der Waals surface area contributed by atoms with E-state index in [2.05, 4.69) is 14.5 Å². The minimum atomic E-state index is -5.16. The second-order valence-corrected chi connectivity index (χ2v) is 4.20. The molecule has 0 radical (unpaired) electrons. The van der Waals surface area contributed by atoms with Gasteiger partial charge >= 0.3 is 12.3 Å². The van der Waals surface area contributed by atoms with Crippen molar-refractivity contribution in [3.8, 4) is 5.88 Å². The molecule has 0 unspecified atom stereocenters. The molecule has 0 aliphatic rings. The van der Waals surface area contributed by atoms with Gasteiger partial charge in [0.15, 0.2) is 0 Å². The van der Waals surface area contributed by atoms with E-state index in [1.54, 1.807) is 0 Å². The summed E-state index contributed by atoms with van der Waals surface area (Å²) >= 11 is 1.42. The minimum Gasteiger partial charge on any atom is -0.465 e. The molecule has 1 aromatic rings. The second kappa shape index (κ2) is 5.84. The standard InChI is InChI=1S/C9H5F5INO3/c1-18-8(17)5-4(6(10)11)3(15)2-16-7(5)19-9(12,13)14/h2,6H,1H3. The van der Waals surface area contributed by atoms with E-state index in [1.807, 2.05) is 0 Å². The van der Waals surface area contributed by atoms with Gasteiger partial charge in [0.25, 0.3) is 6.43 Å². The number of hydrogen-bond acceptors (Lipinski definition) is 4. The molecule has 19 heavy (non-hydrogen) atoms. The number of nitrogens with zero attached hydrogens (tertiary/aromatic N) is 1. The van der Waals surface area contributed by atoms with Crippen molar-refractivity contribution in [3.05, 3.63) is 20.9 Å². The summed E-state index contributed by atoms with van der Waals surface area (Å²) in [6.07, 6.45) is -7.60. The first-order valence-corrected chi connectivity index (χ1v) is 5.56. The van der Waals surface area contributed by atoms with Crippen LogP contribution in [0.1, 0.15) is 22.3 Å². The Labute approximate surface area is 117 Å².